The van der Waals surface area contributed by atoms with Gasteiger partial charge in [0.1, 0.15) is 13.2 Å². The summed E-state index contributed by atoms with van der Waals surface area (Å²) in [6.45, 7) is 0.917. The van der Waals surface area contributed by atoms with E-state index in [9.17, 15) is 14.4 Å². The van der Waals surface area contributed by atoms with Crippen LogP contribution in [0, 0.1) is 0 Å². The molecule has 26 heavy (non-hydrogen) atoms. The largest absolute Gasteiger partial charge is 0.486 e. The highest BCUT2D eigenvalue weighted by Crippen LogP contribution is 2.38. The summed E-state index contributed by atoms with van der Waals surface area (Å²) in [6, 6.07) is 8.01. The second-order valence-corrected chi connectivity index (χ2v) is 6.45. The van der Waals surface area contributed by atoms with Gasteiger partial charge in [-0.2, -0.15) is 0 Å². The molecule has 9 heteroatoms. The van der Waals surface area contributed by atoms with Crippen LogP contribution in [0.2, 0.25) is 0 Å². The normalized spacial score (nSPS) is 12.8. The van der Waals surface area contributed by atoms with Gasteiger partial charge in [0.2, 0.25) is 0 Å². The van der Waals surface area contributed by atoms with Gasteiger partial charge >= 0.3 is 11.1 Å². The Kier molecular flexibility index (Phi) is 4.00. The van der Waals surface area contributed by atoms with E-state index in [0.29, 0.717) is 51.5 Å². The molecule has 0 saturated carbocycles. The summed E-state index contributed by atoms with van der Waals surface area (Å²) in [5, 5.41) is 2.78. The van der Waals surface area contributed by atoms with Crippen molar-refractivity contribution in [1.29, 1.82) is 0 Å². The minimum absolute atomic E-state index is 0.321. The Balaban J connectivity index is 1.66. The number of hydrogen-bond donors (Lipinski definition) is 3. The smallest absolute Gasteiger partial charge is 0.314 e. The van der Waals surface area contributed by atoms with Gasteiger partial charge in [-0.15, -0.1) is 0 Å². The number of halogens is 1. The first-order valence-electron chi connectivity index (χ1n) is 7.68. The molecule has 0 spiro atoms. The number of carbonyl (C=O) groups excluding carboxylic acids is 1. The van der Waals surface area contributed by atoms with Crippen molar-refractivity contribution in [2.24, 2.45) is 0 Å². The Labute approximate surface area is 154 Å². The Morgan fingerprint density at radius 3 is 2.35 bits per heavy atom. The van der Waals surface area contributed by atoms with E-state index >= 15 is 0 Å². The van der Waals surface area contributed by atoms with Gasteiger partial charge in [-0.25, -0.2) is 0 Å². The van der Waals surface area contributed by atoms with Crippen LogP contribution in [-0.2, 0) is 0 Å². The number of nitrogens with one attached hydrogen (secondary N) is 3. The summed E-state index contributed by atoms with van der Waals surface area (Å²) < 4.78 is 11.7. The van der Waals surface area contributed by atoms with Gasteiger partial charge in [-0.1, -0.05) is 0 Å². The van der Waals surface area contributed by atoms with Crippen LogP contribution < -0.4 is 25.9 Å². The van der Waals surface area contributed by atoms with Gasteiger partial charge in [0.05, 0.1) is 16.7 Å². The highest BCUT2D eigenvalue weighted by molar-refractivity contribution is 9.10. The SMILES string of the molecule is O=C(Nc1cc2c(cc1Br)OCCO2)c1ccc2[nH]c(=O)c(=O)[nH]c2c1. The second kappa shape index (κ2) is 6.34. The van der Waals surface area contributed by atoms with E-state index in [1.165, 1.54) is 6.07 Å². The molecular formula is C17H12BrN3O5. The number of benzene rings is 2. The first-order chi connectivity index (χ1) is 12.5. The number of aromatic amines is 2. The predicted molar refractivity (Wildman–Crippen MR) is 98.3 cm³/mol. The second-order valence-electron chi connectivity index (χ2n) is 5.60. The van der Waals surface area contributed by atoms with Gasteiger partial charge in [0, 0.05) is 22.2 Å². The van der Waals surface area contributed by atoms with Gasteiger partial charge in [0.15, 0.2) is 11.5 Å². The van der Waals surface area contributed by atoms with Crippen LogP contribution in [0.25, 0.3) is 11.0 Å². The minimum atomic E-state index is -0.773. The Morgan fingerprint density at radius 2 is 1.62 bits per heavy atom. The molecule has 0 saturated heterocycles. The maximum absolute atomic E-state index is 12.6. The molecule has 4 rings (SSSR count). The van der Waals surface area contributed by atoms with Crippen molar-refractivity contribution < 1.29 is 14.3 Å². The number of anilines is 1. The molecule has 1 aliphatic rings. The highest BCUT2D eigenvalue weighted by atomic mass is 79.9. The molecule has 0 fully saturated rings. The molecule has 0 atom stereocenters. The number of amides is 1. The third kappa shape index (κ3) is 2.97. The number of rotatable bonds is 2. The fourth-order valence-electron chi connectivity index (χ4n) is 2.61. The van der Waals surface area contributed by atoms with E-state index in [1.807, 2.05) is 0 Å². The van der Waals surface area contributed by atoms with Crippen LogP contribution in [-0.4, -0.2) is 29.1 Å². The van der Waals surface area contributed by atoms with Crippen molar-refractivity contribution in [3.8, 4) is 11.5 Å². The van der Waals surface area contributed by atoms with Crippen LogP contribution in [0.3, 0.4) is 0 Å². The van der Waals surface area contributed by atoms with Crippen molar-refractivity contribution >= 4 is 38.6 Å². The van der Waals surface area contributed by atoms with E-state index in [-0.39, 0.29) is 5.91 Å². The molecule has 1 aliphatic heterocycles. The van der Waals surface area contributed by atoms with Crippen molar-refractivity contribution in [1.82, 2.24) is 9.97 Å². The molecule has 0 radical (unpaired) electrons. The Bertz CT molecular complexity index is 1150. The molecule has 2 aromatic carbocycles. The van der Waals surface area contributed by atoms with Crippen LogP contribution in [0.1, 0.15) is 10.4 Å². The first kappa shape index (κ1) is 16.4. The van der Waals surface area contributed by atoms with Gasteiger partial charge in [-0.05, 0) is 34.1 Å². The zero-order valence-electron chi connectivity index (χ0n) is 13.2. The molecule has 0 unspecified atom stereocenters. The maximum atomic E-state index is 12.6. The lowest BCUT2D eigenvalue weighted by Gasteiger charge is -2.20. The highest BCUT2D eigenvalue weighted by Gasteiger charge is 2.17. The van der Waals surface area contributed by atoms with Crippen molar-refractivity contribution in [3.05, 3.63) is 61.1 Å². The van der Waals surface area contributed by atoms with E-state index in [1.54, 1.807) is 24.3 Å². The number of carbonyl (C=O) groups is 1. The standard InChI is InChI=1S/C17H12BrN3O5/c18-9-6-13-14(26-4-3-25-13)7-11(9)20-15(22)8-1-2-10-12(5-8)21-17(24)16(23)19-10/h1-2,5-7H,3-4H2,(H,19,23)(H,20,22)(H,21,24). The number of fused-ring (bicyclic) bond motifs is 2. The molecule has 132 valence electrons. The van der Waals surface area contributed by atoms with Crippen molar-refractivity contribution in [2.75, 3.05) is 18.5 Å². The van der Waals surface area contributed by atoms with Crippen molar-refractivity contribution in [2.45, 2.75) is 0 Å². The molecule has 0 aliphatic carbocycles. The van der Waals surface area contributed by atoms with E-state index in [2.05, 4.69) is 31.2 Å². The maximum Gasteiger partial charge on any atom is 0.314 e. The van der Waals surface area contributed by atoms with E-state index in [4.69, 9.17) is 9.47 Å². The zero-order chi connectivity index (χ0) is 18.3. The van der Waals surface area contributed by atoms with E-state index in [0.717, 1.165) is 0 Å². The fraction of sp³-hybridized carbons (Fsp3) is 0.118. The molecule has 1 aromatic heterocycles. The summed E-state index contributed by atoms with van der Waals surface area (Å²) in [5.41, 5.74) is 0.131. The third-order valence-electron chi connectivity index (χ3n) is 3.86. The molecule has 2 heterocycles. The van der Waals surface area contributed by atoms with Crippen LogP contribution in [0.15, 0.2) is 44.4 Å². The first-order valence-corrected chi connectivity index (χ1v) is 8.47. The van der Waals surface area contributed by atoms with Crippen LogP contribution in [0.5, 0.6) is 11.5 Å². The molecule has 1 amide bonds. The average molecular weight is 418 g/mol. The summed E-state index contributed by atoms with van der Waals surface area (Å²) >= 11 is 3.40. The topological polar surface area (TPSA) is 113 Å². The number of hydrogen-bond acceptors (Lipinski definition) is 5. The predicted octanol–water partition coefficient (Wildman–Crippen LogP) is 2.00. The lowest BCUT2D eigenvalue weighted by molar-refractivity contribution is 0.102. The molecule has 3 aromatic rings. The summed E-state index contributed by atoms with van der Waals surface area (Å²) in [4.78, 5) is 40.3. The average Bonchev–Trinajstić information content (AvgIpc) is 2.63. The summed E-state index contributed by atoms with van der Waals surface area (Å²) in [5.74, 6) is 0.778. The molecule has 8 nitrogen and oxygen atoms in total. The van der Waals surface area contributed by atoms with Gasteiger partial charge in [0.25, 0.3) is 5.91 Å². The van der Waals surface area contributed by atoms with Gasteiger partial charge in [-0.3, -0.25) is 14.4 Å². The number of aromatic nitrogens is 2. The minimum Gasteiger partial charge on any atom is -0.486 e. The molecular weight excluding hydrogens is 406 g/mol. The molecule has 0 bridgehead atoms. The summed E-state index contributed by atoms with van der Waals surface area (Å²) in [7, 11) is 0. The van der Waals surface area contributed by atoms with Crippen LogP contribution >= 0.6 is 15.9 Å². The lowest BCUT2D eigenvalue weighted by atomic mass is 10.1. The number of H-pyrrole nitrogens is 2. The quantitative estimate of drug-likeness (QED) is 0.551. The lowest BCUT2D eigenvalue weighted by Crippen LogP contribution is -2.29. The third-order valence-corrected chi connectivity index (χ3v) is 4.52. The monoisotopic (exact) mass is 417 g/mol. The fourth-order valence-corrected chi connectivity index (χ4v) is 3.03. The molecule has 3 N–H and O–H groups in total. The zero-order valence-corrected chi connectivity index (χ0v) is 14.8. The van der Waals surface area contributed by atoms with Crippen LogP contribution in [0.4, 0.5) is 5.69 Å². The Morgan fingerprint density at radius 1 is 0.962 bits per heavy atom. The van der Waals surface area contributed by atoms with E-state index < -0.39 is 11.1 Å². The summed E-state index contributed by atoms with van der Waals surface area (Å²) in [6.07, 6.45) is 0. The van der Waals surface area contributed by atoms with Crippen molar-refractivity contribution in [3.63, 3.8) is 0 Å². The Hall–Kier alpha value is -3.07. The van der Waals surface area contributed by atoms with Gasteiger partial charge < -0.3 is 24.8 Å². The number of ether oxygens (including phenoxy) is 2.